The summed E-state index contributed by atoms with van der Waals surface area (Å²) >= 11 is 0. The molecule has 1 aromatic carbocycles. The van der Waals surface area contributed by atoms with Crippen LogP contribution in [0.2, 0.25) is 0 Å². The molecule has 0 fully saturated rings. The molecule has 1 N–H and O–H groups in total. The lowest BCUT2D eigenvalue weighted by molar-refractivity contribution is -0.0447. The Morgan fingerprint density at radius 2 is 1.76 bits per heavy atom. The second-order valence-corrected chi connectivity index (χ2v) is 3.36. The Morgan fingerprint density at radius 1 is 1.24 bits per heavy atom. The molecule has 0 aliphatic carbocycles. The van der Waals surface area contributed by atoms with Crippen LogP contribution in [0.15, 0.2) is 24.3 Å². The highest BCUT2D eigenvalue weighted by Gasteiger charge is 2.38. The van der Waals surface area contributed by atoms with Crippen LogP contribution in [-0.2, 0) is 4.84 Å². The van der Waals surface area contributed by atoms with Crippen molar-refractivity contribution < 1.29 is 19.2 Å². The molecule has 6 heteroatoms. The number of hydroxylamine groups is 2. The summed E-state index contributed by atoms with van der Waals surface area (Å²) in [6, 6.07) is 6.30. The molecule has 0 aromatic heterocycles. The van der Waals surface area contributed by atoms with Crippen molar-refractivity contribution in [2.75, 3.05) is 6.54 Å². The van der Waals surface area contributed by atoms with Gasteiger partial charge in [-0.15, -0.1) is 0 Å². The van der Waals surface area contributed by atoms with Gasteiger partial charge in [-0.1, -0.05) is 17.2 Å². The molecule has 88 valence electrons. The van der Waals surface area contributed by atoms with Crippen LogP contribution in [0.4, 0.5) is 4.79 Å². The molecule has 0 radical (unpaired) electrons. The Labute approximate surface area is 97.1 Å². The normalized spacial score (nSPS) is 13.6. The third-order valence-electron chi connectivity index (χ3n) is 2.25. The van der Waals surface area contributed by atoms with Gasteiger partial charge in [0.1, 0.15) is 0 Å². The van der Waals surface area contributed by atoms with Gasteiger partial charge in [0.2, 0.25) is 0 Å². The maximum atomic E-state index is 11.7. The molecule has 0 unspecified atom stereocenters. The number of nitrogens with zero attached hydrogens (tertiary/aromatic N) is 1. The first-order valence-electron chi connectivity index (χ1n) is 5.08. The number of carbonyl (C=O) groups is 3. The molecule has 0 bridgehead atoms. The molecule has 6 nitrogen and oxygen atoms in total. The summed E-state index contributed by atoms with van der Waals surface area (Å²) in [5, 5.41) is 2.80. The van der Waals surface area contributed by atoms with Gasteiger partial charge in [0.05, 0.1) is 11.1 Å². The van der Waals surface area contributed by atoms with Gasteiger partial charge in [-0.2, -0.15) is 0 Å². The van der Waals surface area contributed by atoms with Crippen molar-refractivity contribution in [1.82, 2.24) is 10.4 Å². The molecular formula is C11H10N2O4. The van der Waals surface area contributed by atoms with Crippen molar-refractivity contribution in [3.05, 3.63) is 35.4 Å². The quantitative estimate of drug-likeness (QED) is 0.773. The summed E-state index contributed by atoms with van der Waals surface area (Å²) in [6.07, 6.45) is -0.831. The number of rotatable bonds is 2. The summed E-state index contributed by atoms with van der Waals surface area (Å²) in [4.78, 5) is 39.3. The van der Waals surface area contributed by atoms with E-state index in [1.807, 2.05) is 0 Å². The molecule has 0 atom stereocenters. The number of amides is 3. The van der Waals surface area contributed by atoms with Crippen LogP contribution < -0.4 is 5.32 Å². The first-order chi connectivity index (χ1) is 8.15. The zero-order valence-electron chi connectivity index (χ0n) is 9.10. The average molecular weight is 234 g/mol. The number of hydrogen-bond donors (Lipinski definition) is 1. The van der Waals surface area contributed by atoms with Crippen LogP contribution in [-0.4, -0.2) is 29.5 Å². The van der Waals surface area contributed by atoms with Crippen LogP contribution in [0.3, 0.4) is 0 Å². The van der Waals surface area contributed by atoms with E-state index in [0.717, 1.165) is 0 Å². The van der Waals surface area contributed by atoms with Crippen LogP contribution in [0.5, 0.6) is 0 Å². The van der Waals surface area contributed by atoms with Gasteiger partial charge in [0, 0.05) is 6.54 Å². The van der Waals surface area contributed by atoms with Crippen molar-refractivity contribution >= 4 is 17.9 Å². The number of nitrogens with one attached hydrogen (secondary N) is 1. The minimum Gasteiger partial charge on any atom is -0.320 e. The highest BCUT2D eigenvalue weighted by Crippen LogP contribution is 2.22. The van der Waals surface area contributed by atoms with Gasteiger partial charge in [0.25, 0.3) is 11.8 Å². The van der Waals surface area contributed by atoms with Gasteiger partial charge in [0.15, 0.2) is 0 Å². The standard InChI is InChI=1S/C11H10N2O4/c1-2-12-11(16)17-13-9(14)7-5-3-4-6-8(7)10(13)15/h3-6H,2H2,1H3,(H,12,16). The van der Waals surface area contributed by atoms with Crippen molar-refractivity contribution in [2.24, 2.45) is 0 Å². The lowest BCUT2D eigenvalue weighted by atomic mass is 10.1. The molecule has 3 amide bonds. The van der Waals surface area contributed by atoms with Gasteiger partial charge in [-0.25, -0.2) is 4.79 Å². The van der Waals surface area contributed by atoms with Crippen LogP contribution in [0.25, 0.3) is 0 Å². The van der Waals surface area contributed by atoms with E-state index >= 15 is 0 Å². The first kappa shape index (κ1) is 11.1. The van der Waals surface area contributed by atoms with E-state index in [4.69, 9.17) is 0 Å². The molecule has 1 aromatic rings. The van der Waals surface area contributed by atoms with E-state index in [9.17, 15) is 14.4 Å². The maximum absolute atomic E-state index is 11.7. The monoisotopic (exact) mass is 234 g/mol. The van der Waals surface area contributed by atoms with E-state index in [1.54, 1.807) is 19.1 Å². The molecule has 0 saturated heterocycles. The molecule has 2 rings (SSSR count). The minimum atomic E-state index is -0.831. The Morgan fingerprint density at radius 3 is 2.24 bits per heavy atom. The van der Waals surface area contributed by atoms with Crippen LogP contribution in [0.1, 0.15) is 27.6 Å². The zero-order valence-corrected chi connectivity index (χ0v) is 9.10. The first-order valence-corrected chi connectivity index (χ1v) is 5.08. The van der Waals surface area contributed by atoms with Gasteiger partial charge < -0.3 is 10.2 Å². The number of fused-ring (bicyclic) bond motifs is 1. The molecule has 1 heterocycles. The summed E-state index contributed by atoms with van der Waals surface area (Å²) in [5.74, 6) is -1.26. The van der Waals surface area contributed by atoms with E-state index < -0.39 is 17.9 Å². The highest BCUT2D eigenvalue weighted by atomic mass is 16.7. The number of benzene rings is 1. The summed E-state index contributed by atoms with van der Waals surface area (Å²) in [6.45, 7) is 2.05. The van der Waals surface area contributed by atoms with E-state index in [-0.39, 0.29) is 11.1 Å². The van der Waals surface area contributed by atoms with E-state index in [2.05, 4.69) is 10.2 Å². The van der Waals surface area contributed by atoms with E-state index in [0.29, 0.717) is 11.6 Å². The third kappa shape index (κ3) is 1.84. The van der Waals surface area contributed by atoms with Gasteiger partial charge in [-0.3, -0.25) is 9.59 Å². The molecule has 17 heavy (non-hydrogen) atoms. The Balaban J connectivity index is 2.22. The Hall–Kier alpha value is -2.37. The second-order valence-electron chi connectivity index (χ2n) is 3.36. The lowest BCUT2D eigenvalue weighted by Crippen LogP contribution is -2.37. The summed E-state index contributed by atoms with van der Waals surface area (Å²) < 4.78 is 0. The molecule has 1 aliphatic heterocycles. The molecule has 0 saturated carbocycles. The summed E-state index contributed by atoms with van der Waals surface area (Å²) in [7, 11) is 0. The van der Waals surface area contributed by atoms with Gasteiger partial charge >= 0.3 is 6.09 Å². The molecule has 1 aliphatic rings. The van der Waals surface area contributed by atoms with Crippen molar-refractivity contribution in [2.45, 2.75) is 6.92 Å². The summed E-state index contributed by atoms with van der Waals surface area (Å²) in [5.41, 5.74) is 0.476. The van der Waals surface area contributed by atoms with Crippen LogP contribution in [0, 0.1) is 0 Å². The number of hydrogen-bond acceptors (Lipinski definition) is 4. The zero-order chi connectivity index (χ0) is 12.4. The van der Waals surface area contributed by atoms with Gasteiger partial charge in [-0.05, 0) is 19.1 Å². The highest BCUT2D eigenvalue weighted by molar-refractivity contribution is 6.20. The molecule has 0 spiro atoms. The minimum absolute atomic E-state index is 0.238. The lowest BCUT2D eigenvalue weighted by Gasteiger charge is -2.12. The van der Waals surface area contributed by atoms with Crippen LogP contribution >= 0.6 is 0 Å². The van der Waals surface area contributed by atoms with Crippen molar-refractivity contribution in [3.63, 3.8) is 0 Å². The van der Waals surface area contributed by atoms with Crippen molar-refractivity contribution in [1.29, 1.82) is 0 Å². The third-order valence-corrected chi connectivity index (χ3v) is 2.25. The SMILES string of the molecule is CCNC(=O)ON1C(=O)c2ccccc2C1=O. The second kappa shape index (κ2) is 4.25. The Bertz CT molecular complexity index is 463. The fourth-order valence-corrected chi connectivity index (χ4v) is 1.51. The smallest absolute Gasteiger partial charge is 0.320 e. The maximum Gasteiger partial charge on any atom is 0.432 e. The average Bonchev–Trinajstić information content (AvgIpc) is 2.56. The predicted molar refractivity (Wildman–Crippen MR) is 57.1 cm³/mol. The predicted octanol–water partition coefficient (Wildman–Crippen LogP) is 0.944. The number of carbonyl (C=O) groups excluding carboxylic acids is 3. The van der Waals surface area contributed by atoms with E-state index in [1.165, 1.54) is 12.1 Å². The fourth-order valence-electron chi connectivity index (χ4n) is 1.51. The fraction of sp³-hybridized carbons (Fsp3) is 0.182. The number of imide groups is 1. The topological polar surface area (TPSA) is 75.7 Å². The Kier molecular flexibility index (Phi) is 2.78. The van der Waals surface area contributed by atoms with Crippen molar-refractivity contribution in [3.8, 4) is 0 Å². The molecular weight excluding hydrogens is 224 g/mol. The largest absolute Gasteiger partial charge is 0.432 e.